The molecule has 25 heavy (non-hydrogen) atoms. The summed E-state index contributed by atoms with van der Waals surface area (Å²) in [7, 11) is 0. The summed E-state index contributed by atoms with van der Waals surface area (Å²) in [5.74, 6) is 3.08. The summed E-state index contributed by atoms with van der Waals surface area (Å²) in [6.07, 6.45) is 19.7. The highest BCUT2D eigenvalue weighted by Gasteiger charge is 2.21. The summed E-state index contributed by atoms with van der Waals surface area (Å²) in [5, 5.41) is 0. The molecule has 2 aliphatic rings. The van der Waals surface area contributed by atoms with Crippen LogP contribution in [0.4, 0.5) is 0 Å². The molecule has 0 heteroatoms. The summed E-state index contributed by atoms with van der Waals surface area (Å²) in [6.45, 7) is 4.54. The van der Waals surface area contributed by atoms with Gasteiger partial charge in [0.15, 0.2) is 0 Å². The van der Waals surface area contributed by atoms with E-state index in [-0.39, 0.29) is 0 Å². The zero-order valence-corrected chi connectivity index (χ0v) is 16.6. The highest BCUT2D eigenvalue weighted by Crippen LogP contribution is 2.36. The van der Waals surface area contributed by atoms with Gasteiger partial charge in [-0.25, -0.2) is 0 Å². The molecule has 0 saturated heterocycles. The van der Waals surface area contributed by atoms with Crippen LogP contribution in [-0.2, 0) is 6.42 Å². The van der Waals surface area contributed by atoms with E-state index in [2.05, 4.69) is 44.2 Å². The van der Waals surface area contributed by atoms with E-state index in [1.807, 2.05) is 0 Å². The van der Waals surface area contributed by atoms with Crippen LogP contribution in [0.2, 0.25) is 0 Å². The Balaban J connectivity index is 1.34. The maximum Gasteiger partial charge on any atom is -0.0241 e. The fourth-order valence-electron chi connectivity index (χ4n) is 4.89. The average Bonchev–Trinajstić information content (AvgIpc) is 2.67. The Hall–Kier alpha value is -1.04. The van der Waals surface area contributed by atoms with Gasteiger partial charge in [-0.05, 0) is 68.8 Å². The molecule has 0 heterocycles. The van der Waals surface area contributed by atoms with Gasteiger partial charge < -0.3 is 0 Å². The van der Waals surface area contributed by atoms with Crippen molar-refractivity contribution in [2.75, 3.05) is 0 Å². The van der Waals surface area contributed by atoms with E-state index >= 15 is 0 Å². The Kier molecular flexibility index (Phi) is 7.20. The van der Waals surface area contributed by atoms with Crippen molar-refractivity contribution in [1.82, 2.24) is 0 Å². The molecule has 2 aliphatic carbocycles. The van der Waals surface area contributed by atoms with Gasteiger partial charge in [0.2, 0.25) is 0 Å². The fourth-order valence-corrected chi connectivity index (χ4v) is 4.89. The van der Waals surface area contributed by atoms with Crippen LogP contribution in [0.5, 0.6) is 0 Å². The monoisotopic (exact) mass is 338 g/mol. The first-order chi connectivity index (χ1) is 12.2. The molecule has 1 aromatic carbocycles. The minimum atomic E-state index is 0.979. The van der Waals surface area contributed by atoms with Gasteiger partial charge in [0.25, 0.3) is 0 Å². The van der Waals surface area contributed by atoms with Gasteiger partial charge in [0.1, 0.15) is 0 Å². The molecule has 1 fully saturated rings. The van der Waals surface area contributed by atoms with Crippen molar-refractivity contribution < 1.29 is 0 Å². The van der Waals surface area contributed by atoms with Crippen molar-refractivity contribution in [3.8, 4) is 0 Å². The minimum absolute atomic E-state index is 0.979. The quantitative estimate of drug-likeness (QED) is 0.448. The van der Waals surface area contributed by atoms with E-state index in [1.165, 1.54) is 88.2 Å². The Morgan fingerprint density at radius 1 is 0.800 bits per heavy atom. The second-order valence-corrected chi connectivity index (χ2v) is 8.86. The minimum Gasteiger partial charge on any atom is -0.0850 e. The summed E-state index contributed by atoms with van der Waals surface area (Å²) in [4.78, 5) is 0. The standard InChI is InChI=1S/C25H38/c1-3-21-8-10-23(11-9-21)14-15-25-18-16-24(17-19-25)13-12-22-6-4-20(2)5-7-22/h4-7,16,21,23,25H,3,8-15,17-19H2,1-2H3/t21-,23-,25?. The van der Waals surface area contributed by atoms with E-state index in [0.29, 0.717) is 0 Å². The molecule has 0 bridgehead atoms. The molecule has 138 valence electrons. The van der Waals surface area contributed by atoms with Crippen LogP contribution in [0, 0.1) is 24.7 Å². The van der Waals surface area contributed by atoms with Crippen molar-refractivity contribution in [3.63, 3.8) is 0 Å². The lowest BCUT2D eigenvalue weighted by Gasteiger charge is -2.29. The first-order valence-electron chi connectivity index (χ1n) is 11.0. The maximum absolute atomic E-state index is 2.59. The Bertz CT molecular complexity index is 528. The molecule has 0 amide bonds. The third kappa shape index (κ3) is 6.01. The largest absolute Gasteiger partial charge is 0.0850 e. The van der Waals surface area contributed by atoms with E-state index in [1.54, 1.807) is 5.57 Å². The molecule has 1 saturated carbocycles. The van der Waals surface area contributed by atoms with Gasteiger partial charge in [-0.15, -0.1) is 0 Å². The Labute approximate surface area is 156 Å². The van der Waals surface area contributed by atoms with E-state index in [9.17, 15) is 0 Å². The van der Waals surface area contributed by atoms with E-state index < -0.39 is 0 Å². The second-order valence-electron chi connectivity index (χ2n) is 8.86. The van der Waals surface area contributed by atoms with Crippen LogP contribution >= 0.6 is 0 Å². The van der Waals surface area contributed by atoms with Crippen LogP contribution in [0.25, 0.3) is 0 Å². The van der Waals surface area contributed by atoms with Gasteiger partial charge in [-0.2, -0.15) is 0 Å². The van der Waals surface area contributed by atoms with Crippen molar-refractivity contribution in [3.05, 3.63) is 47.0 Å². The summed E-state index contributed by atoms with van der Waals surface area (Å²) in [6, 6.07) is 9.09. The number of hydrogen-bond donors (Lipinski definition) is 0. The van der Waals surface area contributed by atoms with Crippen LogP contribution in [-0.4, -0.2) is 0 Å². The Morgan fingerprint density at radius 2 is 1.48 bits per heavy atom. The van der Waals surface area contributed by atoms with Gasteiger partial charge in [0, 0.05) is 0 Å². The molecule has 0 spiro atoms. The highest BCUT2D eigenvalue weighted by atomic mass is 14.3. The topological polar surface area (TPSA) is 0 Å². The summed E-state index contributed by atoms with van der Waals surface area (Å²) in [5.41, 5.74) is 4.59. The van der Waals surface area contributed by atoms with E-state index in [0.717, 1.165) is 17.8 Å². The second kappa shape index (κ2) is 9.60. The molecule has 0 radical (unpaired) electrons. The zero-order chi connectivity index (χ0) is 17.5. The molecule has 0 nitrogen and oxygen atoms in total. The molecule has 1 unspecified atom stereocenters. The number of allylic oxidation sites excluding steroid dienone is 2. The van der Waals surface area contributed by atoms with Crippen LogP contribution in [0.15, 0.2) is 35.9 Å². The van der Waals surface area contributed by atoms with E-state index in [4.69, 9.17) is 0 Å². The number of aryl methyl sites for hydroxylation is 2. The smallest absolute Gasteiger partial charge is 0.0241 e. The molecule has 0 aliphatic heterocycles. The maximum atomic E-state index is 2.59. The third-order valence-electron chi connectivity index (χ3n) is 7.00. The summed E-state index contributed by atoms with van der Waals surface area (Å²) >= 11 is 0. The van der Waals surface area contributed by atoms with Gasteiger partial charge >= 0.3 is 0 Å². The molecule has 1 aromatic rings. The molecule has 0 aromatic heterocycles. The van der Waals surface area contributed by atoms with Crippen LogP contribution < -0.4 is 0 Å². The van der Waals surface area contributed by atoms with Gasteiger partial charge in [-0.3, -0.25) is 0 Å². The normalized spacial score (nSPS) is 27.1. The SMILES string of the molecule is CC[C@H]1CC[C@H](CCC2CC=C(CCc3ccc(C)cc3)CC2)CC1. The van der Waals surface area contributed by atoms with Crippen molar-refractivity contribution in [1.29, 1.82) is 0 Å². The van der Waals surface area contributed by atoms with Crippen LogP contribution in [0.3, 0.4) is 0 Å². The molecular weight excluding hydrogens is 300 g/mol. The van der Waals surface area contributed by atoms with Crippen LogP contribution in [0.1, 0.15) is 88.7 Å². The lowest BCUT2D eigenvalue weighted by atomic mass is 9.76. The Morgan fingerprint density at radius 3 is 2.12 bits per heavy atom. The summed E-state index contributed by atoms with van der Waals surface area (Å²) < 4.78 is 0. The number of benzene rings is 1. The molecule has 1 atom stereocenters. The number of hydrogen-bond acceptors (Lipinski definition) is 0. The van der Waals surface area contributed by atoms with Gasteiger partial charge in [-0.1, -0.05) is 86.9 Å². The molecule has 0 N–H and O–H groups in total. The fraction of sp³-hybridized carbons (Fsp3) is 0.680. The lowest BCUT2D eigenvalue weighted by Crippen LogP contribution is -2.15. The van der Waals surface area contributed by atoms with Crippen molar-refractivity contribution in [2.45, 2.75) is 90.9 Å². The zero-order valence-electron chi connectivity index (χ0n) is 16.6. The first kappa shape index (κ1) is 18.7. The van der Waals surface area contributed by atoms with Crippen molar-refractivity contribution in [2.24, 2.45) is 17.8 Å². The lowest BCUT2D eigenvalue weighted by molar-refractivity contribution is 0.241. The van der Waals surface area contributed by atoms with Gasteiger partial charge in [0.05, 0.1) is 0 Å². The molecule has 3 rings (SSSR count). The average molecular weight is 339 g/mol. The first-order valence-corrected chi connectivity index (χ1v) is 11.0. The predicted molar refractivity (Wildman–Crippen MR) is 110 cm³/mol. The molecular formula is C25H38. The highest BCUT2D eigenvalue weighted by molar-refractivity contribution is 5.22. The third-order valence-corrected chi connectivity index (χ3v) is 7.00. The van der Waals surface area contributed by atoms with Crippen molar-refractivity contribution >= 4 is 0 Å². The number of rotatable bonds is 7. The predicted octanol–water partition coefficient (Wildman–Crippen LogP) is 7.65.